The lowest BCUT2D eigenvalue weighted by Gasteiger charge is -2.37. The topological polar surface area (TPSA) is 71.2 Å². The first-order valence-electron chi connectivity index (χ1n) is 14.1. The van der Waals surface area contributed by atoms with Crippen LogP contribution in [0.1, 0.15) is 28.8 Å². The summed E-state index contributed by atoms with van der Waals surface area (Å²) in [5.41, 5.74) is 0.468. The second-order valence-corrected chi connectivity index (χ2v) is 11.6. The van der Waals surface area contributed by atoms with Crippen molar-refractivity contribution in [3.63, 3.8) is 0 Å². The lowest BCUT2D eigenvalue weighted by Crippen LogP contribution is -2.47. The standard InChI is InChI=1S/C29H36ClF5N6O2/c1-38(2)20-7-9-40(17-20)18-26(42)36-16-22-21(4-5-23(31)27(22)32)28(43)37-24-6-3-19(30)15-25(24)41-13-11-39(12-14-41)10-8-29(33,34)35/h3-6,15,20H,7-14,16-18H2,1-2H3,(H,36,42)(H,37,43). The predicted molar refractivity (Wildman–Crippen MR) is 155 cm³/mol. The highest BCUT2D eigenvalue weighted by Crippen LogP contribution is 2.31. The van der Waals surface area contributed by atoms with Crippen LogP contribution in [0.2, 0.25) is 5.02 Å². The van der Waals surface area contributed by atoms with E-state index >= 15 is 0 Å². The van der Waals surface area contributed by atoms with Crippen molar-refractivity contribution in [1.82, 2.24) is 20.0 Å². The summed E-state index contributed by atoms with van der Waals surface area (Å²) >= 11 is 6.22. The normalized spacial score (nSPS) is 18.3. The van der Waals surface area contributed by atoms with Crippen molar-refractivity contribution in [2.75, 3.05) is 76.7 Å². The van der Waals surface area contributed by atoms with Gasteiger partial charge in [-0.05, 0) is 50.8 Å². The highest BCUT2D eigenvalue weighted by molar-refractivity contribution is 6.31. The summed E-state index contributed by atoms with van der Waals surface area (Å²) in [5.74, 6) is -3.47. The molecule has 2 N–H and O–H groups in total. The molecule has 1 unspecified atom stereocenters. The largest absolute Gasteiger partial charge is 0.390 e. The molecule has 0 spiro atoms. The lowest BCUT2D eigenvalue weighted by molar-refractivity contribution is -0.138. The predicted octanol–water partition coefficient (Wildman–Crippen LogP) is 4.20. The molecule has 0 aliphatic carbocycles. The Bertz CT molecular complexity index is 1300. The number of hydrogen-bond acceptors (Lipinski definition) is 6. The third kappa shape index (κ3) is 9.01. The molecule has 2 saturated heterocycles. The Balaban J connectivity index is 1.43. The van der Waals surface area contributed by atoms with E-state index in [1.54, 1.807) is 23.1 Å². The van der Waals surface area contributed by atoms with Gasteiger partial charge in [0.05, 0.1) is 24.3 Å². The van der Waals surface area contributed by atoms with Gasteiger partial charge in [0, 0.05) is 74.5 Å². The van der Waals surface area contributed by atoms with Crippen LogP contribution in [0.15, 0.2) is 30.3 Å². The molecule has 2 heterocycles. The number of alkyl halides is 3. The number of nitrogens with zero attached hydrogens (tertiary/aromatic N) is 4. The number of nitrogens with one attached hydrogen (secondary N) is 2. The zero-order valence-corrected chi connectivity index (χ0v) is 24.9. The third-order valence-corrected chi connectivity index (χ3v) is 8.12. The molecular weight excluding hydrogens is 595 g/mol. The summed E-state index contributed by atoms with van der Waals surface area (Å²) in [5, 5.41) is 5.74. The molecule has 0 saturated carbocycles. The summed E-state index contributed by atoms with van der Waals surface area (Å²) in [4.78, 5) is 33.7. The summed E-state index contributed by atoms with van der Waals surface area (Å²) in [6.45, 7) is 2.64. The zero-order chi connectivity index (χ0) is 31.3. The van der Waals surface area contributed by atoms with E-state index in [0.717, 1.165) is 25.1 Å². The number of likely N-dealkylation sites (tertiary alicyclic amines) is 1. The van der Waals surface area contributed by atoms with Crippen LogP contribution in [-0.4, -0.2) is 105 Å². The number of anilines is 2. The van der Waals surface area contributed by atoms with Gasteiger partial charge in [-0.25, -0.2) is 8.78 Å². The van der Waals surface area contributed by atoms with Crippen molar-refractivity contribution in [3.05, 3.63) is 58.1 Å². The monoisotopic (exact) mass is 630 g/mol. The number of hydrogen-bond donors (Lipinski definition) is 2. The van der Waals surface area contributed by atoms with Crippen LogP contribution in [0, 0.1) is 11.6 Å². The fourth-order valence-corrected chi connectivity index (χ4v) is 5.53. The maximum Gasteiger partial charge on any atom is 0.390 e. The maximum atomic E-state index is 14.9. The summed E-state index contributed by atoms with van der Waals surface area (Å²) in [6, 6.07) is 7.11. The number of carbonyl (C=O) groups is 2. The van der Waals surface area contributed by atoms with Gasteiger partial charge in [0.2, 0.25) is 5.91 Å². The minimum Gasteiger partial charge on any atom is -0.367 e. The van der Waals surface area contributed by atoms with Gasteiger partial charge in [0.15, 0.2) is 11.6 Å². The first kappa shape index (κ1) is 32.9. The number of carbonyl (C=O) groups excluding carboxylic acids is 2. The molecule has 2 fully saturated rings. The van der Waals surface area contributed by atoms with Gasteiger partial charge in [-0.2, -0.15) is 13.2 Å². The van der Waals surface area contributed by atoms with Crippen LogP contribution in [-0.2, 0) is 11.3 Å². The van der Waals surface area contributed by atoms with Gasteiger partial charge in [-0.3, -0.25) is 19.4 Å². The van der Waals surface area contributed by atoms with Gasteiger partial charge < -0.3 is 20.4 Å². The molecule has 2 aliphatic rings. The van der Waals surface area contributed by atoms with E-state index in [-0.39, 0.29) is 36.7 Å². The average molecular weight is 631 g/mol. The highest BCUT2D eigenvalue weighted by Gasteiger charge is 2.30. The molecule has 2 aromatic rings. The van der Waals surface area contributed by atoms with Gasteiger partial charge in [-0.1, -0.05) is 11.6 Å². The smallest absolute Gasteiger partial charge is 0.367 e. The van der Waals surface area contributed by atoms with E-state index in [4.69, 9.17) is 11.6 Å². The molecule has 43 heavy (non-hydrogen) atoms. The highest BCUT2D eigenvalue weighted by atomic mass is 35.5. The molecule has 14 heteroatoms. The Morgan fingerprint density at radius 1 is 1.02 bits per heavy atom. The van der Waals surface area contributed by atoms with Gasteiger partial charge in [0.25, 0.3) is 5.91 Å². The Morgan fingerprint density at radius 3 is 2.40 bits per heavy atom. The fourth-order valence-electron chi connectivity index (χ4n) is 5.36. The van der Waals surface area contributed by atoms with Crippen LogP contribution >= 0.6 is 11.6 Å². The SMILES string of the molecule is CN(C)C1CCN(CC(=O)NCc2c(C(=O)Nc3ccc(Cl)cc3N3CCN(CCC(F)(F)F)CC3)ccc(F)c2F)C1. The third-order valence-electron chi connectivity index (χ3n) is 7.88. The quantitative estimate of drug-likeness (QED) is 0.384. The minimum absolute atomic E-state index is 0.0967. The Labute approximate surface area is 252 Å². The first-order chi connectivity index (χ1) is 20.3. The van der Waals surface area contributed by atoms with Gasteiger partial charge >= 0.3 is 6.18 Å². The molecule has 1 atom stereocenters. The van der Waals surface area contributed by atoms with E-state index < -0.39 is 30.1 Å². The molecule has 0 aromatic heterocycles. The summed E-state index contributed by atoms with van der Waals surface area (Å²) in [6.07, 6.45) is -4.20. The van der Waals surface area contributed by atoms with Gasteiger partial charge in [-0.15, -0.1) is 0 Å². The van der Waals surface area contributed by atoms with Crippen molar-refractivity contribution in [1.29, 1.82) is 0 Å². The van der Waals surface area contributed by atoms with Gasteiger partial charge in [0.1, 0.15) is 0 Å². The maximum absolute atomic E-state index is 14.9. The summed E-state index contributed by atoms with van der Waals surface area (Å²) in [7, 11) is 3.95. The molecule has 2 aliphatic heterocycles. The lowest BCUT2D eigenvalue weighted by atomic mass is 10.0. The van der Waals surface area contributed by atoms with Crippen LogP contribution in [0.25, 0.3) is 0 Å². The number of piperazine rings is 1. The van der Waals surface area contributed by atoms with Crippen LogP contribution in [0.3, 0.4) is 0 Å². The first-order valence-corrected chi connectivity index (χ1v) is 14.5. The molecule has 8 nitrogen and oxygen atoms in total. The van der Waals surface area contributed by atoms with Crippen molar-refractivity contribution >= 4 is 34.8 Å². The Morgan fingerprint density at radius 2 is 1.74 bits per heavy atom. The molecule has 2 amide bonds. The van der Waals surface area contributed by atoms with Crippen molar-refractivity contribution in [2.45, 2.75) is 31.6 Å². The van der Waals surface area contributed by atoms with Crippen LogP contribution in [0.4, 0.5) is 33.3 Å². The van der Waals surface area contributed by atoms with E-state index in [1.165, 1.54) is 0 Å². The minimum atomic E-state index is -4.23. The molecular formula is C29H36ClF5N6O2. The van der Waals surface area contributed by atoms with E-state index in [1.807, 2.05) is 23.9 Å². The molecule has 236 valence electrons. The van der Waals surface area contributed by atoms with E-state index in [9.17, 15) is 31.5 Å². The summed E-state index contributed by atoms with van der Waals surface area (Å²) < 4.78 is 67.0. The molecule has 4 rings (SSSR count). The zero-order valence-electron chi connectivity index (χ0n) is 24.1. The van der Waals surface area contributed by atoms with Crippen molar-refractivity contribution in [2.24, 2.45) is 0 Å². The van der Waals surface area contributed by atoms with Crippen LogP contribution < -0.4 is 15.5 Å². The second-order valence-electron chi connectivity index (χ2n) is 11.1. The molecule has 0 radical (unpaired) electrons. The van der Waals surface area contributed by atoms with E-state index in [0.29, 0.717) is 55.2 Å². The van der Waals surface area contributed by atoms with Crippen molar-refractivity contribution in [3.8, 4) is 0 Å². The van der Waals surface area contributed by atoms with E-state index in [2.05, 4.69) is 15.5 Å². The number of likely N-dealkylation sites (N-methyl/N-ethyl adjacent to an activating group) is 1. The second kappa shape index (κ2) is 14.2. The molecule has 0 bridgehead atoms. The molecule has 2 aromatic carbocycles. The Kier molecular flexibility index (Phi) is 10.9. The Hall–Kier alpha value is -3.00. The van der Waals surface area contributed by atoms with Crippen LogP contribution in [0.5, 0.6) is 0 Å². The number of benzene rings is 2. The average Bonchev–Trinajstić information content (AvgIpc) is 3.42. The number of halogens is 6. The fraction of sp³-hybridized carbons (Fsp3) is 0.517. The van der Waals surface area contributed by atoms with Crippen molar-refractivity contribution < 1.29 is 31.5 Å². The number of rotatable bonds is 10. The number of amides is 2.